The molecule has 0 bridgehead atoms. The number of allylic oxidation sites excluding steroid dienone is 1. The maximum atomic E-state index is 11.1. The Hall–Kier alpha value is -0.990. The third-order valence-corrected chi connectivity index (χ3v) is 1.99. The molecule has 0 aromatic rings. The molecule has 1 atom stereocenters. The second kappa shape index (κ2) is 2.95. The molecule has 0 aliphatic carbocycles. The van der Waals surface area contributed by atoms with Crippen LogP contribution in [0.2, 0.25) is 0 Å². The predicted molar refractivity (Wildman–Crippen MR) is 44.0 cm³/mol. The summed E-state index contributed by atoms with van der Waals surface area (Å²) in [5.41, 5.74) is 2.30. The first-order valence-corrected chi connectivity index (χ1v) is 3.82. The van der Waals surface area contributed by atoms with Crippen LogP contribution in [-0.2, 0) is 4.79 Å². The molecule has 0 saturated carbocycles. The Labute approximate surface area is 66.9 Å². The van der Waals surface area contributed by atoms with E-state index >= 15 is 0 Å². The predicted octanol–water partition coefficient (Wildman–Crippen LogP) is 0.388. The highest BCUT2D eigenvalue weighted by atomic mass is 16.2. The third kappa shape index (κ3) is 1.73. The van der Waals surface area contributed by atoms with Crippen molar-refractivity contribution in [1.82, 2.24) is 10.6 Å². The van der Waals surface area contributed by atoms with E-state index in [9.17, 15) is 4.79 Å². The van der Waals surface area contributed by atoms with Crippen LogP contribution in [0.4, 0.5) is 0 Å². The fourth-order valence-corrected chi connectivity index (χ4v) is 1.02. The summed E-state index contributed by atoms with van der Waals surface area (Å²) in [6, 6.07) is -0.104. The zero-order chi connectivity index (χ0) is 8.43. The maximum absolute atomic E-state index is 11.1. The van der Waals surface area contributed by atoms with Crippen molar-refractivity contribution in [2.75, 3.05) is 6.54 Å². The lowest BCUT2D eigenvalue weighted by Crippen LogP contribution is -2.38. The Morgan fingerprint density at radius 1 is 1.45 bits per heavy atom. The minimum atomic E-state index is -0.104. The summed E-state index contributed by atoms with van der Waals surface area (Å²) in [6.07, 6.45) is 0. The molecule has 1 rings (SSSR count). The van der Waals surface area contributed by atoms with E-state index < -0.39 is 0 Å². The molecule has 0 fully saturated rings. The normalized spacial score (nSPS) is 25.7. The molecular weight excluding hydrogens is 140 g/mol. The van der Waals surface area contributed by atoms with Gasteiger partial charge in [-0.15, -0.1) is 0 Å². The molecule has 0 saturated heterocycles. The Morgan fingerprint density at radius 2 is 2.09 bits per heavy atom. The maximum Gasteiger partial charge on any atom is 0.242 e. The lowest BCUT2D eigenvalue weighted by Gasteiger charge is -2.10. The smallest absolute Gasteiger partial charge is 0.242 e. The molecule has 1 unspecified atom stereocenters. The van der Waals surface area contributed by atoms with Crippen LogP contribution in [-0.4, -0.2) is 18.5 Å². The number of rotatable bonds is 0. The minimum absolute atomic E-state index is 0.0706. The monoisotopic (exact) mass is 154 g/mol. The lowest BCUT2D eigenvalue weighted by atomic mass is 10.2. The van der Waals surface area contributed by atoms with Gasteiger partial charge in [-0.1, -0.05) is 0 Å². The van der Waals surface area contributed by atoms with E-state index in [1.807, 2.05) is 20.8 Å². The van der Waals surface area contributed by atoms with Crippen molar-refractivity contribution in [3.8, 4) is 0 Å². The minimum Gasteiger partial charge on any atom is -0.377 e. The highest BCUT2D eigenvalue weighted by Crippen LogP contribution is 2.03. The van der Waals surface area contributed by atoms with Gasteiger partial charge in [0.2, 0.25) is 5.91 Å². The van der Waals surface area contributed by atoms with Gasteiger partial charge in [-0.25, -0.2) is 0 Å². The fourth-order valence-electron chi connectivity index (χ4n) is 1.02. The molecule has 0 aromatic carbocycles. The van der Waals surface area contributed by atoms with Crippen molar-refractivity contribution in [2.45, 2.75) is 26.8 Å². The van der Waals surface area contributed by atoms with Gasteiger partial charge in [-0.2, -0.15) is 0 Å². The molecule has 62 valence electrons. The lowest BCUT2D eigenvalue weighted by molar-refractivity contribution is -0.122. The van der Waals surface area contributed by atoms with Gasteiger partial charge in [0.05, 0.1) is 0 Å². The van der Waals surface area contributed by atoms with Gasteiger partial charge in [0.15, 0.2) is 0 Å². The SMILES string of the molecule is CC1=C(C)NC(C)C(=O)NC1. The highest BCUT2D eigenvalue weighted by molar-refractivity contribution is 5.82. The molecule has 1 aliphatic rings. The van der Waals surface area contributed by atoms with Crippen LogP contribution in [0.5, 0.6) is 0 Å². The van der Waals surface area contributed by atoms with E-state index in [2.05, 4.69) is 10.6 Å². The van der Waals surface area contributed by atoms with Gasteiger partial charge in [-0.3, -0.25) is 4.79 Å². The Morgan fingerprint density at radius 3 is 2.73 bits per heavy atom. The van der Waals surface area contributed by atoms with Crippen molar-refractivity contribution in [3.05, 3.63) is 11.3 Å². The molecule has 1 aliphatic heterocycles. The summed E-state index contributed by atoms with van der Waals surface area (Å²) >= 11 is 0. The van der Waals surface area contributed by atoms with Gasteiger partial charge >= 0.3 is 0 Å². The largest absolute Gasteiger partial charge is 0.377 e. The number of amides is 1. The number of hydrogen-bond donors (Lipinski definition) is 2. The summed E-state index contributed by atoms with van der Waals surface area (Å²) in [5, 5.41) is 5.92. The van der Waals surface area contributed by atoms with Crippen LogP contribution >= 0.6 is 0 Å². The van der Waals surface area contributed by atoms with Crippen LogP contribution in [0.1, 0.15) is 20.8 Å². The van der Waals surface area contributed by atoms with Crippen LogP contribution < -0.4 is 10.6 Å². The highest BCUT2D eigenvalue weighted by Gasteiger charge is 2.15. The summed E-state index contributed by atoms with van der Waals surface area (Å²) in [7, 11) is 0. The topological polar surface area (TPSA) is 41.1 Å². The van der Waals surface area contributed by atoms with Crippen LogP contribution in [0.15, 0.2) is 11.3 Å². The van der Waals surface area contributed by atoms with E-state index in [4.69, 9.17) is 0 Å². The van der Waals surface area contributed by atoms with E-state index in [0.717, 1.165) is 5.70 Å². The van der Waals surface area contributed by atoms with E-state index in [0.29, 0.717) is 6.54 Å². The Bertz CT molecular complexity index is 208. The first kappa shape index (κ1) is 8.11. The number of carbonyl (C=O) groups excluding carboxylic acids is 1. The van der Waals surface area contributed by atoms with Gasteiger partial charge in [0, 0.05) is 12.2 Å². The van der Waals surface area contributed by atoms with Crippen molar-refractivity contribution in [2.24, 2.45) is 0 Å². The molecule has 11 heavy (non-hydrogen) atoms. The summed E-state index contributed by atoms with van der Waals surface area (Å²) in [6.45, 7) is 6.53. The first-order valence-electron chi connectivity index (χ1n) is 3.82. The zero-order valence-corrected chi connectivity index (χ0v) is 7.19. The molecule has 1 amide bonds. The van der Waals surface area contributed by atoms with Gasteiger partial charge in [0.25, 0.3) is 0 Å². The first-order chi connectivity index (χ1) is 5.11. The van der Waals surface area contributed by atoms with Crippen LogP contribution in [0.3, 0.4) is 0 Å². The van der Waals surface area contributed by atoms with Gasteiger partial charge < -0.3 is 10.6 Å². The van der Waals surface area contributed by atoms with Crippen molar-refractivity contribution < 1.29 is 4.79 Å². The van der Waals surface area contributed by atoms with Gasteiger partial charge in [0.1, 0.15) is 6.04 Å². The standard InChI is InChI=1S/C8H14N2O/c1-5-4-9-8(11)7(3)10-6(5)2/h7,10H,4H2,1-3H3,(H,9,11). The summed E-state index contributed by atoms with van der Waals surface area (Å²) < 4.78 is 0. The zero-order valence-electron chi connectivity index (χ0n) is 7.19. The molecule has 0 radical (unpaired) electrons. The summed E-state index contributed by atoms with van der Waals surface area (Å²) in [4.78, 5) is 11.1. The molecule has 1 heterocycles. The third-order valence-electron chi connectivity index (χ3n) is 1.99. The molecule has 3 nitrogen and oxygen atoms in total. The summed E-state index contributed by atoms with van der Waals surface area (Å²) in [5.74, 6) is 0.0706. The Balaban J connectivity index is 2.75. The molecule has 2 N–H and O–H groups in total. The number of hydrogen-bond acceptors (Lipinski definition) is 2. The number of nitrogens with one attached hydrogen (secondary N) is 2. The molecule has 0 spiro atoms. The molecule has 3 heteroatoms. The fraction of sp³-hybridized carbons (Fsp3) is 0.625. The number of carbonyl (C=O) groups is 1. The molecule has 0 aromatic heterocycles. The molecular formula is C8H14N2O. The van der Waals surface area contributed by atoms with Crippen molar-refractivity contribution in [1.29, 1.82) is 0 Å². The van der Waals surface area contributed by atoms with Crippen molar-refractivity contribution in [3.63, 3.8) is 0 Å². The van der Waals surface area contributed by atoms with E-state index in [1.54, 1.807) is 0 Å². The van der Waals surface area contributed by atoms with Crippen molar-refractivity contribution >= 4 is 5.91 Å². The quantitative estimate of drug-likeness (QED) is 0.530. The van der Waals surface area contributed by atoms with E-state index in [1.165, 1.54) is 5.57 Å². The van der Waals surface area contributed by atoms with Crippen LogP contribution in [0.25, 0.3) is 0 Å². The average Bonchev–Trinajstić information content (AvgIpc) is 2.05. The second-order valence-corrected chi connectivity index (χ2v) is 2.99. The average molecular weight is 154 g/mol. The Kier molecular flexibility index (Phi) is 2.17. The second-order valence-electron chi connectivity index (χ2n) is 2.99. The van der Waals surface area contributed by atoms with Gasteiger partial charge in [-0.05, 0) is 26.3 Å². The van der Waals surface area contributed by atoms with Crippen LogP contribution in [0, 0.1) is 0 Å². The van der Waals surface area contributed by atoms with E-state index in [-0.39, 0.29) is 11.9 Å².